The van der Waals surface area contributed by atoms with Gasteiger partial charge in [-0.05, 0) is 55.0 Å². The van der Waals surface area contributed by atoms with E-state index in [2.05, 4.69) is 44.5 Å². The largest absolute Gasteiger partial charge is 0.492 e. The Hall–Kier alpha value is -1.59. The highest BCUT2D eigenvalue weighted by molar-refractivity contribution is 9.10. The molecule has 0 bridgehead atoms. The van der Waals surface area contributed by atoms with Crippen LogP contribution in [0.5, 0.6) is 5.75 Å². The monoisotopic (exact) mass is 362 g/mol. The van der Waals surface area contributed by atoms with Crippen molar-refractivity contribution in [2.24, 2.45) is 0 Å². The van der Waals surface area contributed by atoms with Crippen LogP contribution in [-0.2, 0) is 6.54 Å². The van der Waals surface area contributed by atoms with Crippen molar-refractivity contribution in [3.8, 4) is 5.75 Å². The van der Waals surface area contributed by atoms with Crippen LogP contribution in [0.25, 0.3) is 11.0 Å². The fourth-order valence-electron chi connectivity index (χ4n) is 2.32. The topological polar surface area (TPSA) is 29.9 Å². The van der Waals surface area contributed by atoms with Gasteiger partial charge in [0.25, 0.3) is 0 Å². The Labute approximate surface area is 136 Å². The van der Waals surface area contributed by atoms with Gasteiger partial charge < -0.3 is 14.3 Å². The van der Waals surface area contributed by atoms with Crippen molar-refractivity contribution in [3.63, 3.8) is 0 Å². The van der Waals surface area contributed by atoms with Gasteiger partial charge in [0.1, 0.15) is 12.4 Å². The molecule has 0 saturated carbocycles. The first kappa shape index (κ1) is 14.4. The molecule has 0 unspecified atom stereocenters. The molecule has 1 N–H and O–H groups in total. The average molecular weight is 363 g/mol. The molecule has 108 valence electrons. The minimum absolute atomic E-state index is 0.584. The first-order chi connectivity index (χ1) is 10.1. The fraction of sp³-hybridized carbons (Fsp3) is 0.188. The number of nitrogens with zero attached hydrogens (tertiary/aromatic N) is 1. The molecule has 1 aromatic heterocycles. The summed E-state index contributed by atoms with van der Waals surface area (Å²) >= 11 is 8.85. The van der Waals surface area contributed by atoms with E-state index in [1.807, 2.05) is 30.3 Å². The van der Waals surface area contributed by atoms with Crippen LogP contribution in [0.1, 0.15) is 5.56 Å². The summed E-state index contributed by atoms with van der Waals surface area (Å²) in [5, 5.41) is 0. The lowest BCUT2D eigenvalue weighted by atomic mass is 10.2. The van der Waals surface area contributed by atoms with Gasteiger partial charge in [0, 0.05) is 4.47 Å². The molecule has 0 aliphatic carbocycles. The van der Waals surface area contributed by atoms with Crippen LogP contribution in [0.4, 0.5) is 0 Å². The number of benzene rings is 2. The van der Waals surface area contributed by atoms with Crippen molar-refractivity contribution < 1.29 is 4.74 Å². The number of halogens is 1. The lowest BCUT2D eigenvalue weighted by Gasteiger charge is -2.08. The smallest absolute Gasteiger partial charge is 0.178 e. The lowest BCUT2D eigenvalue weighted by molar-refractivity contribution is 0.299. The van der Waals surface area contributed by atoms with Gasteiger partial charge in [-0.25, -0.2) is 0 Å². The minimum atomic E-state index is 0.584. The number of aryl methyl sites for hydroxylation is 1. The molecule has 3 aromatic rings. The summed E-state index contributed by atoms with van der Waals surface area (Å²) in [4.78, 5) is 3.22. The van der Waals surface area contributed by atoms with E-state index in [-0.39, 0.29) is 0 Å². The second-order valence-electron chi connectivity index (χ2n) is 4.91. The summed E-state index contributed by atoms with van der Waals surface area (Å²) in [6, 6.07) is 14.2. The third-order valence-electron chi connectivity index (χ3n) is 3.31. The summed E-state index contributed by atoms with van der Waals surface area (Å²) in [6.45, 7) is 3.36. The SMILES string of the molecule is Cc1cccc(OCCn2c(=S)[nH]c3cc(Br)ccc32)c1. The Morgan fingerprint density at radius 2 is 2.10 bits per heavy atom. The quantitative estimate of drug-likeness (QED) is 0.672. The van der Waals surface area contributed by atoms with Crippen LogP contribution in [-0.4, -0.2) is 16.2 Å². The zero-order chi connectivity index (χ0) is 14.8. The molecule has 0 atom stereocenters. The molecule has 1 heterocycles. The molecule has 0 radical (unpaired) electrons. The van der Waals surface area contributed by atoms with Crippen molar-refractivity contribution >= 4 is 39.2 Å². The van der Waals surface area contributed by atoms with Crippen LogP contribution >= 0.6 is 28.1 Å². The summed E-state index contributed by atoms with van der Waals surface area (Å²) < 4.78 is 9.61. The number of hydrogen-bond acceptors (Lipinski definition) is 2. The predicted octanol–water partition coefficient (Wildman–Crippen LogP) is 4.85. The third kappa shape index (κ3) is 3.19. The van der Waals surface area contributed by atoms with Gasteiger partial charge in [-0.1, -0.05) is 28.1 Å². The standard InChI is InChI=1S/C16H15BrN2OS/c1-11-3-2-4-13(9-11)20-8-7-19-15-6-5-12(17)10-14(15)18-16(19)21/h2-6,9-10H,7-8H2,1H3,(H,18,21). The van der Waals surface area contributed by atoms with E-state index in [0.29, 0.717) is 13.2 Å². The van der Waals surface area contributed by atoms with Crippen molar-refractivity contribution in [3.05, 3.63) is 57.3 Å². The van der Waals surface area contributed by atoms with E-state index in [4.69, 9.17) is 17.0 Å². The Balaban J connectivity index is 1.76. The third-order valence-corrected chi connectivity index (χ3v) is 4.13. The molecule has 0 aliphatic rings. The van der Waals surface area contributed by atoms with Gasteiger partial charge in [0.2, 0.25) is 0 Å². The highest BCUT2D eigenvalue weighted by Crippen LogP contribution is 2.20. The molecule has 2 aromatic carbocycles. The Bertz CT molecular complexity index is 838. The number of hydrogen-bond donors (Lipinski definition) is 1. The van der Waals surface area contributed by atoms with Crippen molar-refractivity contribution in [2.75, 3.05) is 6.61 Å². The first-order valence-electron chi connectivity index (χ1n) is 6.71. The van der Waals surface area contributed by atoms with E-state index in [0.717, 1.165) is 26.0 Å². The van der Waals surface area contributed by atoms with E-state index >= 15 is 0 Å². The molecular weight excluding hydrogens is 348 g/mol. The van der Waals surface area contributed by atoms with E-state index < -0.39 is 0 Å². The number of fused-ring (bicyclic) bond motifs is 1. The normalized spacial score (nSPS) is 11.0. The van der Waals surface area contributed by atoms with Crippen molar-refractivity contribution in [1.82, 2.24) is 9.55 Å². The van der Waals surface area contributed by atoms with E-state index in [9.17, 15) is 0 Å². The predicted molar refractivity (Wildman–Crippen MR) is 91.5 cm³/mol. The number of rotatable bonds is 4. The second kappa shape index (κ2) is 6.03. The van der Waals surface area contributed by atoms with Crippen LogP contribution in [0, 0.1) is 11.7 Å². The number of nitrogens with one attached hydrogen (secondary N) is 1. The molecule has 0 saturated heterocycles. The Morgan fingerprint density at radius 3 is 2.90 bits per heavy atom. The van der Waals surface area contributed by atoms with Crippen LogP contribution < -0.4 is 4.74 Å². The zero-order valence-electron chi connectivity index (χ0n) is 11.6. The maximum atomic E-state index is 5.80. The second-order valence-corrected chi connectivity index (χ2v) is 6.21. The molecule has 0 amide bonds. The molecule has 3 nitrogen and oxygen atoms in total. The van der Waals surface area contributed by atoms with E-state index in [1.54, 1.807) is 0 Å². The van der Waals surface area contributed by atoms with Gasteiger partial charge >= 0.3 is 0 Å². The summed E-state index contributed by atoms with van der Waals surface area (Å²) in [7, 11) is 0. The van der Waals surface area contributed by atoms with E-state index in [1.165, 1.54) is 5.56 Å². The molecule has 21 heavy (non-hydrogen) atoms. The van der Waals surface area contributed by atoms with Gasteiger partial charge in [-0.15, -0.1) is 0 Å². The Kier molecular flexibility index (Phi) is 4.12. The molecule has 0 fully saturated rings. The number of ether oxygens (including phenoxy) is 1. The lowest BCUT2D eigenvalue weighted by Crippen LogP contribution is -2.08. The van der Waals surface area contributed by atoms with Gasteiger partial charge in [0.15, 0.2) is 4.77 Å². The maximum Gasteiger partial charge on any atom is 0.178 e. The highest BCUT2D eigenvalue weighted by atomic mass is 79.9. The molecule has 0 aliphatic heterocycles. The number of H-pyrrole nitrogens is 1. The van der Waals surface area contributed by atoms with Gasteiger partial charge in [-0.2, -0.15) is 0 Å². The average Bonchev–Trinajstić information content (AvgIpc) is 2.74. The van der Waals surface area contributed by atoms with Gasteiger partial charge in [0.05, 0.1) is 17.6 Å². The van der Waals surface area contributed by atoms with Gasteiger partial charge in [-0.3, -0.25) is 0 Å². The number of aromatic nitrogens is 2. The summed E-state index contributed by atoms with van der Waals surface area (Å²) in [5.41, 5.74) is 3.32. The van der Waals surface area contributed by atoms with Crippen LogP contribution in [0.3, 0.4) is 0 Å². The minimum Gasteiger partial charge on any atom is -0.492 e. The summed E-state index contributed by atoms with van der Waals surface area (Å²) in [6.07, 6.45) is 0. The highest BCUT2D eigenvalue weighted by Gasteiger charge is 2.05. The number of aromatic amines is 1. The molecule has 3 rings (SSSR count). The molecule has 0 spiro atoms. The fourth-order valence-corrected chi connectivity index (χ4v) is 2.98. The zero-order valence-corrected chi connectivity index (χ0v) is 14.0. The Morgan fingerprint density at radius 1 is 1.24 bits per heavy atom. The maximum absolute atomic E-state index is 5.80. The number of imidazole rings is 1. The van der Waals surface area contributed by atoms with Crippen molar-refractivity contribution in [1.29, 1.82) is 0 Å². The van der Waals surface area contributed by atoms with Crippen LogP contribution in [0.2, 0.25) is 0 Å². The first-order valence-corrected chi connectivity index (χ1v) is 7.91. The summed E-state index contributed by atoms with van der Waals surface area (Å²) in [5.74, 6) is 0.893. The van der Waals surface area contributed by atoms with Crippen LogP contribution in [0.15, 0.2) is 46.9 Å². The molecule has 5 heteroatoms. The van der Waals surface area contributed by atoms with Crippen molar-refractivity contribution in [2.45, 2.75) is 13.5 Å². The molecular formula is C16H15BrN2OS.